The quantitative estimate of drug-likeness (QED) is 0.604. The van der Waals surface area contributed by atoms with Gasteiger partial charge in [0.15, 0.2) is 11.5 Å². The number of ether oxygens (including phenoxy) is 3. The summed E-state index contributed by atoms with van der Waals surface area (Å²) in [5.41, 5.74) is 1.70. The molecule has 0 unspecified atom stereocenters. The van der Waals surface area contributed by atoms with Gasteiger partial charge in [0.25, 0.3) is 10.0 Å². The van der Waals surface area contributed by atoms with Crippen LogP contribution in [-0.4, -0.2) is 56.6 Å². The van der Waals surface area contributed by atoms with Crippen molar-refractivity contribution in [2.24, 2.45) is 4.40 Å². The number of nitrogens with zero attached hydrogens (tertiary/aromatic N) is 3. The maximum absolute atomic E-state index is 12.4. The highest BCUT2D eigenvalue weighted by Crippen LogP contribution is 2.39. The van der Waals surface area contributed by atoms with E-state index in [2.05, 4.69) is 9.38 Å². The van der Waals surface area contributed by atoms with E-state index < -0.39 is 16.0 Å². The van der Waals surface area contributed by atoms with Gasteiger partial charge in [0.1, 0.15) is 17.5 Å². The van der Waals surface area contributed by atoms with Crippen molar-refractivity contribution in [3.8, 4) is 22.1 Å². The predicted octanol–water partition coefficient (Wildman–Crippen LogP) is 2.37. The zero-order chi connectivity index (χ0) is 22.0. The minimum absolute atomic E-state index is 0.00211. The van der Waals surface area contributed by atoms with Crippen LogP contribution in [0.3, 0.4) is 0 Å². The average molecular weight is 462 g/mol. The van der Waals surface area contributed by atoms with Crippen molar-refractivity contribution in [1.82, 2.24) is 9.88 Å². The lowest BCUT2D eigenvalue weighted by molar-refractivity contribution is -0.140. The van der Waals surface area contributed by atoms with Crippen LogP contribution in [0.25, 0.3) is 10.6 Å². The normalized spacial score (nSPS) is 16.8. The van der Waals surface area contributed by atoms with E-state index in [9.17, 15) is 13.2 Å². The Morgan fingerprint density at radius 3 is 2.84 bits per heavy atom. The van der Waals surface area contributed by atoms with Crippen LogP contribution in [0.5, 0.6) is 11.5 Å². The first-order chi connectivity index (χ1) is 14.9. The number of fused-ring (bicyclic) bond motifs is 1. The molecule has 2 aliphatic heterocycles. The summed E-state index contributed by atoms with van der Waals surface area (Å²) in [6.45, 7) is 0.238. The summed E-state index contributed by atoms with van der Waals surface area (Å²) in [6.07, 6.45) is 4.53. The number of aromatic nitrogens is 1. The summed E-state index contributed by atoms with van der Waals surface area (Å²) >= 11 is 1.41. The SMILES string of the molecule is COc1cccc(-c2nc(COC(=O)C3=CN4CCS(=O)(=O)N=C4C=C3)cs2)c1OC. The van der Waals surface area contributed by atoms with Gasteiger partial charge < -0.3 is 19.1 Å². The van der Waals surface area contributed by atoms with Crippen LogP contribution in [0, 0.1) is 0 Å². The Balaban J connectivity index is 1.44. The molecule has 2 aromatic rings. The van der Waals surface area contributed by atoms with Gasteiger partial charge in [-0.2, -0.15) is 0 Å². The monoisotopic (exact) mass is 461 g/mol. The molecular formula is C20H19N3O6S2. The summed E-state index contributed by atoms with van der Waals surface area (Å²) in [7, 11) is -0.305. The standard InChI is InChI=1S/C20H19N3O6S2/c1-27-16-5-3-4-15(18(16)28-2)19-21-14(12-30-19)11-29-20(24)13-6-7-17-22-31(25,26)9-8-23(17)10-13/h3-7,10,12H,8-9,11H2,1-2H3. The Labute approximate surface area is 183 Å². The number of amidine groups is 1. The third-order valence-electron chi connectivity index (χ3n) is 4.60. The minimum Gasteiger partial charge on any atom is -0.493 e. The molecule has 11 heteroatoms. The summed E-state index contributed by atoms with van der Waals surface area (Å²) in [5, 5.41) is 2.53. The molecule has 1 aromatic carbocycles. The van der Waals surface area contributed by atoms with E-state index >= 15 is 0 Å². The molecule has 0 radical (unpaired) electrons. The first-order valence-corrected chi connectivity index (χ1v) is 11.7. The number of carbonyl (C=O) groups excluding carboxylic acids is 1. The molecule has 0 spiro atoms. The maximum Gasteiger partial charge on any atom is 0.340 e. The molecule has 0 atom stereocenters. The first kappa shape index (κ1) is 21.1. The minimum atomic E-state index is -3.44. The largest absolute Gasteiger partial charge is 0.493 e. The number of para-hydroxylation sites is 1. The number of sulfonamides is 1. The molecule has 2 aliphatic rings. The van der Waals surface area contributed by atoms with Crippen LogP contribution >= 0.6 is 11.3 Å². The average Bonchev–Trinajstić information content (AvgIpc) is 3.24. The van der Waals surface area contributed by atoms with Gasteiger partial charge in [-0.3, -0.25) is 0 Å². The zero-order valence-electron chi connectivity index (χ0n) is 16.8. The van der Waals surface area contributed by atoms with Crippen molar-refractivity contribution in [3.63, 3.8) is 0 Å². The lowest BCUT2D eigenvalue weighted by atomic mass is 10.2. The smallest absolute Gasteiger partial charge is 0.340 e. The molecule has 31 heavy (non-hydrogen) atoms. The second kappa shape index (κ2) is 8.52. The number of hydrogen-bond donors (Lipinski definition) is 0. The molecule has 0 amide bonds. The first-order valence-electron chi connectivity index (χ1n) is 9.22. The number of hydrogen-bond acceptors (Lipinski definition) is 9. The molecule has 0 saturated heterocycles. The van der Waals surface area contributed by atoms with Gasteiger partial charge in [0.2, 0.25) is 0 Å². The Morgan fingerprint density at radius 2 is 2.06 bits per heavy atom. The second-order valence-corrected chi connectivity index (χ2v) is 9.22. The van der Waals surface area contributed by atoms with E-state index in [0.717, 1.165) is 5.56 Å². The van der Waals surface area contributed by atoms with Crippen LogP contribution in [-0.2, 0) is 26.2 Å². The molecule has 9 nitrogen and oxygen atoms in total. The number of esters is 1. The third-order valence-corrected chi connectivity index (χ3v) is 6.68. The summed E-state index contributed by atoms with van der Waals surface area (Å²) < 4.78 is 43.0. The molecule has 162 valence electrons. The maximum atomic E-state index is 12.4. The van der Waals surface area contributed by atoms with Gasteiger partial charge in [-0.25, -0.2) is 18.2 Å². The van der Waals surface area contributed by atoms with Crippen molar-refractivity contribution >= 4 is 33.2 Å². The number of rotatable bonds is 6. The summed E-state index contributed by atoms with van der Waals surface area (Å²) in [6, 6.07) is 5.53. The molecule has 3 heterocycles. The van der Waals surface area contributed by atoms with Gasteiger partial charge in [0.05, 0.1) is 36.8 Å². The topological polar surface area (TPSA) is 107 Å². The molecule has 0 N–H and O–H groups in total. The van der Waals surface area contributed by atoms with Crippen molar-refractivity contribution in [1.29, 1.82) is 0 Å². The lowest BCUT2D eigenvalue weighted by Gasteiger charge is -2.26. The molecule has 4 rings (SSSR count). The highest BCUT2D eigenvalue weighted by atomic mass is 32.2. The predicted molar refractivity (Wildman–Crippen MR) is 116 cm³/mol. The van der Waals surface area contributed by atoms with Crippen molar-refractivity contribution in [3.05, 3.63) is 53.2 Å². The van der Waals surface area contributed by atoms with Crippen LogP contribution in [0.1, 0.15) is 5.69 Å². The number of benzene rings is 1. The van der Waals surface area contributed by atoms with Crippen molar-refractivity contribution < 1.29 is 27.4 Å². The molecule has 0 saturated carbocycles. The van der Waals surface area contributed by atoms with E-state index in [1.165, 1.54) is 23.5 Å². The van der Waals surface area contributed by atoms with E-state index in [1.807, 2.05) is 17.5 Å². The van der Waals surface area contributed by atoms with Crippen molar-refractivity contribution in [2.45, 2.75) is 6.61 Å². The van der Waals surface area contributed by atoms with Crippen LogP contribution in [0.2, 0.25) is 0 Å². The fraction of sp³-hybridized carbons (Fsp3) is 0.250. The Hall–Kier alpha value is -3.18. The van der Waals surface area contributed by atoms with Gasteiger partial charge in [-0.05, 0) is 24.3 Å². The molecular weight excluding hydrogens is 442 g/mol. The molecule has 0 fully saturated rings. The fourth-order valence-corrected chi connectivity index (χ4v) is 4.89. The Morgan fingerprint density at radius 1 is 1.23 bits per heavy atom. The Kier molecular flexibility index (Phi) is 5.79. The number of carbonyl (C=O) groups is 1. The summed E-state index contributed by atoms with van der Waals surface area (Å²) in [5.74, 6) is 0.851. The highest BCUT2D eigenvalue weighted by molar-refractivity contribution is 7.90. The molecule has 0 bridgehead atoms. The van der Waals surface area contributed by atoms with E-state index in [-0.39, 0.29) is 18.9 Å². The van der Waals surface area contributed by atoms with Crippen LogP contribution < -0.4 is 9.47 Å². The lowest BCUT2D eigenvalue weighted by Crippen LogP contribution is -2.37. The highest BCUT2D eigenvalue weighted by Gasteiger charge is 2.25. The number of methoxy groups -OCH3 is 2. The Bertz CT molecular complexity index is 1210. The van der Waals surface area contributed by atoms with Crippen LogP contribution in [0.4, 0.5) is 0 Å². The van der Waals surface area contributed by atoms with E-state index in [1.54, 1.807) is 31.4 Å². The molecule has 0 aliphatic carbocycles. The number of thiazole rings is 1. The molecule has 1 aromatic heterocycles. The third kappa shape index (κ3) is 4.47. The van der Waals surface area contributed by atoms with Gasteiger partial charge in [-0.1, -0.05) is 6.07 Å². The van der Waals surface area contributed by atoms with E-state index in [0.29, 0.717) is 33.6 Å². The summed E-state index contributed by atoms with van der Waals surface area (Å²) in [4.78, 5) is 18.6. The fourth-order valence-electron chi connectivity index (χ4n) is 3.10. The van der Waals surface area contributed by atoms with Gasteiger partial charge >= 0.3 is 5.97 Å². The van der Waals surface area contributed by atoms with Crippen molar-refractivity contribution in [2.75, 3.05) is 26.5 Å². The second-order valence-electron chi connectivity index (χ2n) is 6.61. The van der Waals surface area contributed by atoms with E-state index in [4.69, 9.17) is 14.2 Å². The zero-order valence-corrected chi connectivity index (χ0v) is 18.4. The van der Waals surface area contributed by atoms with Gasteiger partial charge in [0, 0.05) is 18.1 Å². The van der Waals surface area contributed by atoms with Gasteiger partial charge in [-0.15, -0.1) is 15.7 Å². The van der Waals surface area contributed by atoms with Crippen LogP contribution in [0.15, 0.2) is 51.9 Å².